The standard InChI is InChI=1S/C43H46N2O6/c46-28-39-25-34-15-7-10-18-37(34)27-45(39)41(47)26-35-16-8-9-17-36(23-31-11-3-1-4-12-31)43(49)51-30-38(44-42(35)48)24-32-19-21-40(22-20-32)50-29-33-13-5-2-6-14-33/h1-15,18-22,35-36,38-39,46H,16-17,23-30H2,(H,44,48). The van der Waals surface area contributed by atoms with Gasteiger partial charge in [0, 0.05) is 13.0 Å². The van der Waals surface area contributed by atoms with Gasteiger partial charge in [0.2, 0.25) is 11.8 Å². The Morgan fingerprint density at radius 1 is 0.765 bits per heavy atom. The number of carbonyl (C=O) groups excluding carboxylic acids is 3. The molecule has 0 saturated heterocycles. The monoisotopic (exact) mass is 686 g/mol. The van der Waals surface area contributed by atoms with Gasteiger partial charge in [-0.3, -0.25) is 14.4 Å². The lowest BCUT2D eigenvalue weighted by atomic mass is 9.91. The van der Waals surface area contributed by atoms with Crippen LogP contribution in [-0.4, -0.2) is 53.1 Å². The molecule has 2 heterocycles. The average Bonchev–Trinajstić information content (AvgIpc) is 3.17. The highest BCUT2D eigenvalue weighted by atomic mass is 16.5. The normalized spacial score (nSPS) is 21.0. The number of nitrogens with one attached hydrogen (secondary N) is 1. The Labute approximate surface area is 300 Å². The zero-order chi connectivity index (χ0) is 35.4. The molecule has 2 amide bonds. The van der Waals surface area contributed by atoms with E-state index in [9.17, 15) is 19.5 Å². The first-order chi connectivity index (χ1) is 24.9. The van der Waals surface area contributed by atoms with Crippen LogP contribution < -0.4 is 10.1 Å². The molecule has 6 rings (SSSR count). The molecule has 0 aromatic heterocycles. The van der Waals surface area contributed by atoms with Crippen LogP contribution in [0.2, 0.25) is 0 Å². The Kier molecular flexibility index (Phi) is 12.3. The number of aliphatic hydroxyl groups excluding tert-OH is 1. The van der Waals surface area contributed by atoms with Crippen molar-refractivity contribution in [1.82, 2.24) is 10.2 Å². The van der Waals surface area contributed by atoms with Gasteiger partial charge in [-0.1, -0.05) is 109 Å². The number of rotatable bonds is 10. The van der Waals surface area contributed by atoms with Gasteiger partial charge < -0.3 is 24.8 Å². The fourth-order valence-corrected chi connectivity index (χ4v) is 6.85. The Hall–Kier alpha value is -5.21. The van der Waals surface area contributed by atoms with Crippen LogP contribution in [0, 0.1) is 11.8 Å². The molecule has 264 valence electrons. The summed E-state index contributed by atoms with van der Waals surface area (Å²) >= 11 is 0. The molecule has 0 spiro atoms. The van der Waals surface area contributed by atoms with Gasteiger partial charge in [-0.05, 0) is 72.1 Å². The summed E-state index contributed by atoms with van der Waals surface area (Å²) in [6.07, 6.45) is 6.17. The Morgan fingerprint density at radius 2 is 1.39 bits per heavy atom. The summed E-state index contributed by atoms with van der Waals surface area (Å²) in [4.78, 5) is 42.9. The number of esters is 1. The highest BCUT2D eigenvalue weighted by Crippen LogP contribution is 2.26. The van der Waals surface area contributed by atoms with E-state index in [2.05, 4.69) is 5.32 Å². The number of benzene rings is 4. The lowest BCUT2D eigenvalue weighted by molar-refractivity contribution is -0.150. The zero-order valence-electron chi connectivity index (χ0n) is 28.9. The van der Waals surface area contributed by atoms with E-state index in [0.717, 1.165) is 33.6 Å². The highest BCUT2D eigenvalue weighted by Gasteiger charge is 2.33. The van der Waals surface area contributed by atoms with E-state index in [1.165, 1.54) is 0 Å². The van der Waals surface area contributed by atoms with E-state index >= 15 is 0 Å². The molecule has 4 aromatic carbocycles. The number of fused-ring (bicyclic) bond motifs is 1. The van der Waals surface area contributed by atoms with E-state index < -0.39 is 12.0 Å². The molecule has 51 heavy (non-hydrogen) atoms. The van der Waals surface area contributed by atoms with Crippen molar-refractivity contribution in [3.05, 3.63) is 149 Å². The molecule has 2 N–H and O–H groups in total. The van der Waals surface area contributed by atoms with Gasteiger partial charge in [-0.2, -0.15) is 0 Å². The van der Waals surface area contributed by atoms with Crippen molar-refractivity contribution in [2.45, 2.75) is 63.8 Å². The molecule has 0 fully saturated rings. The summed E-state index contributed by atoms with van der Waals surface area (Å²) in [5.41, 5.74) is 5.25. The maximum atomic E-state index is 13.9. The third-order valence-corrected chi connectivity index (χ3v) is 9.77. The van der Waals surface area contributed by atoms with E-state index in [1.807, 2.05) is 121 Å². The minimum absolute atomic E-state index is 0.00198. The van der Waals surface area contributed by atoms with Gasteiger partial charge in [-0.15, -0.1) is 0 Å². The summed E-state index contributed by atoms with van der Waals surface area (Å²) in [6.45, 7) is 0.705. The van der Waals surface area contributed by atoms with Crippen LogP contribution in [0.15, 0.2) is 121 Å². The molecule has 0 bridgehead atoms. The number of cyclic esters (lactones) is 1. The first kappa shape index (κ1) is 35.6. The second-order valence-corrected chi connectivity index (χ2v) is 13.5. The summed E-state index contributed by atoms with van der Waals surface area (Å²) in [7, 11) is 0. The van der Waals surface area contributed by atoms with E-state index in [0.29, 0.717) is 45.3 Å². The first-order valence-electron chi connectivity index (χ1n) is 17.8. The second-order valence-electron chi connectivity index (χ2n) is 13.5. The number of allylic oxidation sites excluding steroid dienone is 2. The van der Waals surface area contributed by atoms with Crippen molar-refractivity contribution in [1.29, 1.82) is 0 Å². The second kappa shape index (κ2) is 17.6. The van der Waals surface area contributed by atoms with Crippen molar-refractivity contribution >= 4 is 17.8 Å². The molecular weight excluding hydrogens is 640 g/mol. The van der Waals surface area contributed by atoms with Crippen molar-refractivity contribution in [3.8, 4) is 5.75 Å². The number of hydrogen-bond donors (Lipinski definition) is 2. The van der Waals surface area contributed by atoms with Gasteiger partial charge in [0.15, 0.2) is 0 Å². The lowest BCUT2D eigenvalue weighted by Crippen LogP contribution is -2.48. The molecule has 4 unspecified atom stereocenters. The van der Waals surface area contributed by atoms with Crippen LogP contribution in [0.1, 0.15) is 47.1 Å². The summed E-state index contributed by atoms with van der Waals surface area (Å²) < 4.78 is 11.9. The van der Waals surface area contributed by atoms with Gasteiger partial charge in [-0.25, -0.2) is 0 Å². The van der Waals surface area contributed by atoms with Crippen molar-refractivity contribution in [3.63, 3.8) is 0 Å². The van der Waals surface area contributed by atoms with Crippen LogP contribution in [0.25, 0.3) is 0 Å². The maximum Gasteiger partial charge on any atom is 0.309 e. The lowest BCUT2D eigenvalue weighted by Gasteiger charge is -2.36. The van der Waals surface area contributed by atoms with E-state index in [-0.39, 0.29) is 49.4 Å². The molecule has 4 aromatic rings. The summed E-state index contributed by atoms with van der Waals surface area (Å²) in [5, 5.41) is 13.3. The molecule has 4 atom stereocenters. The molecule has 2 aliphatic rings. The largest absolute Gasteiger partial charge is 0.489 e. The van der Waals surface area contributed by atoms with Crippen molar-refractivity contribution < 1.29 is 29.0 Å². The van der Waals surface area contributed by atoms with E-state index in [1.54, 1.807) is 4.90 Å². The number of ether oxygens (including phenoxy) is 2. The fourth-order valence-electron chi connectivity index (χ4n) is 6.85. The predicted octanol–water partition coefficient (Wildman–Crippen LogP) is 6.00. The Bertz CT molecular complexity index is 1780. The van der Waals surface area contributed by atoms with Gasteiger partial charge in [0.25, 0.3) is 0 Å². The topological polar surface area (TPSA) is 105 Å². The molecule has 0 saturated carbocycles. The predicted molar refractivity (Wildman–Crippen MR) is 195 cm³/mol. The molecular formula is C43H46N2O6. The minimum atomic E-state index is -0.635. The summed E-state index contributed by atoms with van der Waals surface area (Å²) in [5.74, 6) is -1.03. The number of carbonyl (C=O) groups is 3. The van der Waals surface area contributed by atoms with Gasteiger partial charge in [0.1, 0.15) is 19.0 Å². The quantitative estimate of drug-likeness (QED) is 0.157. The average molecular weight is 687 g/mol. The van der Waals surface area contributed by atoms with Crippen molar-refractivity contribution in [2.24, 2.45) is 11.8 Å². The van der Waals surface area contributed by atoms with Gasteiger partial charge in [0.05, 0.1) is 30.5 Å². The molecule has 8 nitrogen and oxygen atoms in total. The van der Waals surface area contributed by atoms with Crippen LogP contribution in [0.5, 0.6) is 5.75 Å². The Balaban J connectivity index is 1.18. The number of nitrogens with zero attached hydrogens (tertiary/aromatic N) is 1. The molecule has 0 radical (unpaired) electrons. The number of amides is 2. The molecule has 8 heteroatoms. The fraction of sp³-hybridized carbons (Fsp3) is 0.326. The number of hydrogen-bond acceptors (Lipinski definition) is 6. The van der Waals surface area contributed by atoms with Crippen LogP contribution in [-0.2, 0) is 51.5 Å². The highest BCUT2D eigenvalue weighted by molar-refractivity contribution is 5.86. The molecule has 2 aliphatic heterocycles. The minimum Gasteiger partial charge on any atom is -0.489 e. The smallest absolute Gasteiger partial charge is 0.309 e. The van der Waals surface area contributed by atoms with Crippen LogP contribution in [0.3, 0.4) is 0 Å². The molecule has 0 aliphatic carbocycles. The van der Waals surface area contributed by atoms with Crippen molar-refractivity contribution in [2.75, 3.05) is 13.2 Å². The zero-order valence-corrected chi connectivity index (χ0v) is 28.9. The third-order valence-electron chi connectivity index (χ3n) is 9.77. The first-order valence-corrected chi connectivity index (χ1v) is 17.8. The Morgan fingerprint density at radius 3 is 2.10 bits per heavy atom. The SMILES string of the molecule is O=C1NC(Cc2ccc(OCc3ccccc3)cc2)COC(=O)C(Cc2ccccc2)CC=CCC1CC(=O)N1Cc2ccccc2CC1CO. The maximum absolute atomic E-state index is 13.9. The summed E-state index contributed by atoms with van der Waals surface area (Å²) in [6, 6.07) is 34.6. The van der Waals surface area contributed by atoms with E-state index in [4.69, 9.17) is 9.47 Å². The van der Waals surface area contributed by atoms with Crippen LogP contribution in [0.4, 0.5) is 0 Å². The third kappa shape index (κ3) is 9.95. The number of aliphatic hydroxyl groups is 1. The van der Waals surface area contributed by atoms with Crippen LogP contribution >= 0.6 is 0 Å². The van der Waals surface area contributed by atoms with Gasteiger partial charge >= 0.3 is 5.97 Å².